The third kappa shape index (κ3) is 5.84. The Morgan fingerprint density at radius 1 is 1.03 bits per heavy atom. The lowest BCUT2D eigenvalue weighted by atomic mass is 10.1. The highest BCUT2D eigenvalue weighted by Crippen LogP contribution is 2.32. The van der Waals surface area contributed by atoms with E-state index in [-0.39, 0.29) is 16.7 Å². The Labute approximate surface area is 217 Å². The molecule has 5 N–H and O–H groups in total. The second kappa shape index (κ2) is 11.6. The molecule has 1 fully saturated rings. The van der Waals surface area contributed by atoms with Crippen LogP contribution in [0, 0.1) is 0 Å². The number of nitrogens with zero attached hydrogens (tertiary/aromatic N) is 7. The largest absolute Gasteiger partial charge is 0.394 e. The lowest BCUT2D eigenvalue weighted by Crippen LogP contribution is -2.33. The molecule has 1 aliphatic heterocycles. The lowest BCUT2D eigenvalue weighted by Gasteiger charge is -2.16. The third-order valence-corrected chi connectivity index (χ3v) is 5.77. The molecule has 12 nitrogen and oxygen atoms in total. The molecule has 0 bridgehead atoms. The molecule has 4 atom stereocenters. The number of hydrogen-bond acceptors (Lipinski definition) is 11. The molecule has 0 unspecified atom stereocenters. The van der Waals surface area contributed by atoms with Crippen LogP contribution in [0.15, 0.2) is 71.2 Å². The number of halogens is 1. The third-order valence-electron chi connectivity index (χ3n) is 5.61. The molecule has 1 saturated heterocycles. The van der Waals surface area contributed by atoms with Crippen LogP contribution in [0.25, 0.3) is 11.2 Å². The van der Waals surface area contributed by atoms with Crippen molar-refractivity contribution in [3.63, 3.8) is 0 Å². The molecule has 4 aromatic rings. The van der Waals surface area contributed by atoms with E-state index in [1.165, 1.54) is 10.9 Å². The number of fused-ring (bicyclic) bond motifs is 1. The van der Waals surface area contributed by atoms with Crippen LogP contribution in [0.1, 0.15) is 6.23 Å². The topological polar surface area (TPSA) is 168 Å². The number of aromatic nitrogens is 4. The Bertz CT molecular complexity index is 1370. The zero-order chi connectivity index (χ0) is 26.5. The molecule has 2 aromatic carbocycles. The molecule has 2 aromatic heterocycles. The molecule has 0 spiro atoms. The van der Waals surface area contributed by atoms with Gasteiger partial charge in [-0.3, -0.25) is 4.57 Å². The van der Waals surface area contributed by atoms with Crippen molar-refractivity contribution in [2.45, 2.75) is 24.5 Å². The van der Waals surface area contributed by atoms with Crippen LogP contribution in [0.4, 0.5) is 22.9 Å². The maximum atomic E-state index is 9.99. The van der Waals surface area contributed by atoms with Crippen LogP contribution in [-0.4, -0.2) is 73.9 Å². The zero-order valence-corrected chi connectivity index (χ0v) is 20.9. The van der Waals surface area contributed by atoms with Crippen LogP contribution in [0.2, 0.25) is 5.28 Å². The predicted octanol–water partition coefficient (Wildman–Crippen LogP) is 2.84. The fourth-order valence-electron chi connectivity index (χ4n) is 3.74. The summed E-state index contributed by atoms with van der Waals surface area (Å²) < 4.78 is 6.79. The summed E-state index contributed by atoms with van der Waals surface area (Å²) in [6.07, 6.45) is -2.93. The molecule has 1 aliphatic rings. The standard InChI is InChI=1S/C14H15N3.C10H12ClN5O4/c1-17(2)14-11-7-6-10-13(14)16-15-12-8-4-3-5-9-12;11-10-14-7(12)4-8(15-10)16(2-13-4)9-6(19)5(18)3(1-17)20-9/h3-11H,1-2H3;2-3,5-6,9,17-19H,1H2,(H2,12,14,15)/t;3-,5-,6-,9-/m.1/s1. The Morgan fingerprint density at radius 3 is 2.41 bits per heavy atom. The highest BCUT2D eigenvalue weighted by molar-refractivity contribution is 6.28. The molecule has 0 radical (unpaired) electrons. The number of azo groups is 1. The summed E-state index contributed by atoms with van der Waals surface area (Å²) in [5.41, 5.74) is 9.07. The van der Waals surface area contributed by atoms with Crippen molar-refractivity contribution in [1.82, 2.24) is 19.5 Å². The first kappa shape index (κ1) is 26.4. The normalized spacial score (nSPS) is 21.2. The number of aliphatic hydroxyl groups excluding tert-OH is 3. The molecule has 5 rings (SSSR count). The van der Waals surface area contributed by atoms with Gasteiger partial charge in [0.2, 0.25) is 5.28 Å². The summed E-state index contributed by atoms with van der Waals surface area (Å²) in [6.45, 7) is -0.417. The minimum Gasteiger partial charge on any atom is -0.394 e. The number of imidazole rings is 1. The summed E-state index contributed by atoms with van der Waals surface area (Å²) in [5, 5.41) is 37.3. The average molecular weight is 527 g/mol. The zero-order valence-electron chi connectivity index (χ0n) is 20.1. The minimum atomic E-state index is -1.24. The highest BCUT2D eigenvalue weighted by Gasteiger charge is 2.44. The van der Waals surface area contributed by atoms with E-state index in [2.05, 4.69) is 25.2 Å². The van der Waals surface area contributed by atoms with Crippen molar-refractivity contribution >= 4 is 45.6 Å². The van der Waals surface area contributed by atoms with E-state index < -0.39 is 31.1 Å². The van der Waals surface area contributed by atoms with Crippen molar-refractivity contribution in [2.75, 3.05) is 31.3 Å². The van der Waals surface area contributed by atoms with Gasteiger partial charge >= 0.3 is 0 Å². The number of nitrogen functional groups attached to an aromatic ring is 1. The van der Waals surface area contributed by atoms with E-state index in [4.69, 9.17) is 27.2 Å². The van der Waals surface area contributed by atoms with Gasteiger partial charge in [-0.25, -0.2) is 4.98 Å². The Balaban J connectivity index is 0.000000176. The van der Waals surface area contributed by atoms with E-state index in [0.29, 0.717) is 5.52 Å². The number of hydrogen-bond donors (Lipinski definition) is 4. The highest BCUT2D eigenvalue weighted by atomic mass is 35.5. The number of rotatable bonds is 5. The van der Waals surface area contributed by atoms with Gasteiger partial charge in [-0.15, -0.1) is 5.11 Å². The Hall–Kier alpha value is -3.68. The molecule has 194 valence electrons. The number of aliphatic hydroxyl groups is 3. The van der Waals surface area contributed by atoms with Gasteiger partial charge in [0.15, 0.2) is 17.7 Å². The average Bonchev–Trinajstić information content (AvgIpc) is 3.44. The number of benzene rings is 2. The van der Waals surface area contributed by atoms with Crippen LogP contribution >= 0.6 is 11.6 Å². The van der Waals surface area contributed by atoms with Gasteiger partial charge < -0.3 is 30.7 Å². The smallest absolute Gasteiger partial charge is 0.226 e. The molecule has 37 heavy (non-hydrogen) atoms. The minimum absolute atomic E-state index is 0.0662. The summed E-state index contributed by atoms with van der Waals surface area (Å²) in [4.78, 5) is 13.8. The molecule has 3 heterocycles. The maximum absolute atomic E-state index is 9.99. The summed E-state index contributed by atoms with van der Waals surface area (Å²) in [6, 6.07) is 17.7. The second-order valence-electron chi connectivity index (χ2n) is 8.35. The number of nitrogens with two attached hydrogens (primary N) is 1. The van der Waals surface area contributed by atoms with Crippen LogP contribution in [0.3, 0.4) is 0 Å². The quantitative estimate of drug-likeness (QED) is 0.226. The van der Waals surface area contributed by atoms with Gasteiger partial charge in [0.1, 0.15) is 29.5 Å². The predicted molar refractivity (Wildman–Crippen MR) is 139 cm³/mol. The van der Waals surface area contributed by atoms with Gasteiger partial charge in [0.05, 0.1) is 24.3 Å². The van der Waals surface area contributed by atoms with Crippen LogP contribution in [-0.2, 0) is 4.74 Å². The fraction of sp³-hybridized carbons (Fsp3) is 0.292. The van der Waals surface area contributed by atoms with E-state index in [0.717, 1.165) is 17.1 Å². The lowest BCUT2D eigenvalue weighted by molar-refractivity contribution is -0.0511. The monoisotopic (exact) mass is 526 g/mol. The van der Waals surface area contributed by atoms with Crippen molar-refractivity contribution in [2.24, 2.45) is 10.2 Å². The molecular weight excluding hydrogens is 500 g/mol. The summed E-state index contributed by atoms with van der Waals surface area (Å²) in [5.74, 6) is 0.102. The van der Waals surface area contributed by atoms with Crippen LogP contribution in [0.5, 0.6) is 0 Å². The van der Waals surface area contributed by atoms with Crippen molar-refractivity contribution in [3.05, 3.63) is 66.2 Å². The SMILES string of the molecule is CN(C)c1ccccc1N=Nc1ccccc1.Nc1nc(Cl)nc2c1ncn2[C@@H]1O[C@H](CO)[C@@H](O)[C@H]1O. The van der Waals surface area contributed by atoms with E-state index >= 15 is 0 Å². The van der Waals surface area contributed by atoms with Crippen LogP contribution < -0.4 is 10.6 Å². The molecule has 0 saturated carbocycles. The number of para-hydroxylation sites is 1. The van der Waals surface area contributed by atoms with E-state index in [1.54, 1.807) is 0 Å². The number of ether oxygens (including phenoxy) is 1. The fourth-order valence-corrected chi connectivity index (χ4v) is 3.91. The first-order chi connectivity index (χ1) is 17.8. The van der Waals surface area contributed by atoms with E-state index in [9.17, 15) is 10.2 Å². The van der Waals surface area contributed by atoms with Gasteiger partial charge in [0, 0.05) is 14.1 Å². The summed E-state index contributed by atoms with van der Waals surface area (Å²) in [7, 11) is 3.99. The maximum Gasteiger partial charge on any atom is 0.226 e. The second-order valence-corrected chi connectivity index (χ2v) is 8.69. The molecular formula is C24H27ClN8O4. The van der Waals surface area contributed by atoms with Crippen molar-refractivity contribution in [3.8, 4) is 0 Å². The van der Waals surface area contributed by atoms with Crippen molar-refractivity contribution < 1.29 is 20.1 Å². The summed E-state index contributed by atoms with van der Waals surface area (Å²) >= 11 is 5.74. The van der Waals surface area contributed by atoms with Crippen molar-refractivity contribution in [1.29, 1.82) is 0 Å². The van der Waals surface area contributed by atoms with Gasteiger partial charge in [-0.2, -0.15) is 15.1 Å². The first-order valence-corrected chi connectivity index (χ1v) is 11.7. The molecule has 13 heteroatoms. The number of anilines is 2. The van der Waals surface area contributed by atoms with Gasteiger partial charge in [-0.05, 0) is 35.9 Å². The molecule has 0 amide bonds. The van der Waals surface area contributed by atoms with E-state index in [1.807, 2.05) is 73.6 Å². The first-order valence-electron chi connectivity index (χ1n) is 11.3. The Kier molecular flexibility index (Phi) is 8.26. The molecule has 0 aliphatic carbocycles. The van der Waals surface area contributed by atoms with Gasteiger partial charge in [-0.1, -0.05) is 30.3 Å². The Morgan fingerprint density at radius 2 is 1.73 bits per heavy atom. The van der Waals surface area contributed by atoms with Gasteiger partial charge in [0.25, 0.3) is 0 Å².